The van der Waals surface area contributed by atoms with Gasteiger partial charge in [-0.05, 0) is 24.0 Å². The van der Waals surface area contributed by atoms with Gasteiger partial charge in [-0.15, -0.1) is 0 Å². The van der Waals surface area contributed by atoms with Crippen molar-refractivity contribution in [3.63, 3.8) is 0 Å². The Morgan fingerprint density at radius 1 is 0.857 bits per heavy atom. The molecule has 112 valence electrons. The van der Waals surface area contributed by atoms with E-state index in [0.29, 0.717) is 6.04 Å². The summed E-state index contributed by atoms with van der Waals surface area (Å²) in [6.45, 7) is 5.45. The van der Waals surface area contributed by atoms with E-state index < -0.39 is 0 Å². The molecule has 1 atom stereocenters. The highest BCUT2D eigenvalue weighted by molar-refractivity contribution is 5.16. The van der Waals surface area contributed by atoms with Crippen LogP contribution in [0.25, 0.3) is 0 Å². The molecule has 1 fully saturated rings. The Morgan fingerprint density at radius 2 is 1.48 bits per heavy atom. The summed E-state index contributed by atoms with van der Waals surface area (Å²) < 4.78 is 0. The number of benzene rings is 2. The van der Waals surface area contributed by atoms with Crippen LogP contribution in [0, 0.1) is 0 Å². The molecule has 2 nitrogen and oxygen atoms in total. The molecule has 0 saturated carbocycles. The molecular formula is C19H26N2. The van der Waals surface area contributed by atoms with Gasteiger partial charge in [0.05, 0.1) is 0 Å². The topological polar surface area (TPSA) is 24.1 Å². The van der Waals surface area contributed by atoms with Crippen LogP contribution in [0.1, 0.15) is 18.1 Å². The van der Waals surface area contributed by atoms with Gasteiger partial charge in [0.25, 0.3) is 0 Å². The first-order valence-corrected chi connectivity index (χ1v) is 7.90. The Kier molecular flexibility index (Phi) is 6.99. The Morgan fingerprint density at radius 3 is 1.95 bits per heavy atom. The number of hydrogen-bond donors (Lipinski definition) is 2. The zero-order valence-electron chi connectivity index (χ0n) is 12.9. The molecule has 0 spiro atoms. The van der Waals surface area contributed by atoms with Crippen LogP contribution in [0.5, 0.6) is 0 Å². The molecule has 2 heteroatoms. The fourth-order valence-electron chi connectivity index (χ4n) is 2.47. The molecule has 1 saturated heterocycles. The molecule has 1 aliphatic rings. The lowest BCUT2D eigenvalue weighted by molar-refractivity contribution is 0.416. The number of nitrogens with one attached hydrogen (secondary N) is 2. The summed E-state index contributed by atoms with van der Waals surface area (Å²) in [7, 11) is 0. The third kappa shape index (κ3) is 6.11. The van der Waals surface area contributed by atoms with E-state index in [1.165, 1.54) is 11.1 Å². The van der Waals surface area contributed by atoms with Gasteiger partial charge >= 0.3 is 0 Å². The van der Waals surface area contributed by atoms with Gasteiger partial charge in [-0.25, -0.2) is 0 Å². The van der Waals surface area contributed by atoms with Crippen LogP contribution in [-0.4, -0.2) is 25.7 Å². The van der Waals surface area contributed by atoms with Crippen molar-refractivity contribution in [1.29, 1.82) is 0 Å². The molecule has 2 aromatic carbocycles. The average molecular weight is 282 g/mol. The number of piperazine rings is 1. The lowest BCUT2D eigenvalue weighted by atomic mass is 10.1. The third-order valence-electron chi connectivity index (χ3n) is 3.70. The van der Waals surface area contributed by atoms with Crippen LogP contribution >= 0.6 is 0 Å². The summed E-state index contributed by atoms with van der Waals surface area (Å²) in [5.41, 5.74) is 2.83. The van der Waals surface area contributed by atoms with Crippen LogP contribution in [0.15, 0.2) is 60.7 Å². The van der Waals surface area contributed by atoms with Crippen molar-refractivity contribution in [3.05, 3.63) is 71.8 Å². The Labute approximate surface area is 128 Å². The first-order chi connectivity index (χ1) is 10.4. The summed E-state index contributed by atoms with van der Waals surface area (Å²) in [5, 5.41) is 6.90. The van der Waals surface area contributed by atoms with E-state index in [-0.39, 0.29) is 0 Å². The molecule has 0 radical (unpaired) electrons. The first kappa shape index (κ1) is 15.7. The molecule has 2 N–H and O–H groups in total. The minimum Gasteiger partial charge on any atom is -0.314 e. The second-order valence-electron chi connectivity index (χ2n) is 5.38. The molecule has 0 bridgehead atoms. The zero-order chi connectivity index (χ0) is 14.8. The summed E-state index contributed by atoms with van der Waals surface area (Å²) in [6, 6.07) is 21.7. The molecule has 1 heterocycles. The van der Waals surface area contributed by atoms with Gasteiger partial charge in [-0.2, -0.15) is 0 Å². The lowest BCUT2D eigenvalue weighted by Gasteiger charge is -2.24. The maximum Gasteiger partial charge on any atom is 0.0233 e. The summed E-state index contributed by atoms with van der Waals surface area (Å²) in [5.74, 6) is 0. The first-order valence-electron chi connectivity index (χ1n) is 7.90. The molecule has 0 aliphatic carbocycles. The number of aryl methyl sites for hydroxylation is 1. The standard InChI is InChI=1S/C11H16N2.C8H10/c1-2-4-10(5-3-1)8-11-9-12-6-7-13-11;1-2-8-6-4-3-5-7-8/h1-5,11-13H,6-9H2;3-7H,2H2,1H3. The molecule has 0 amide bonds. The minimum atomic E-state index is 0.608. The quantitative estimate of drug-likeness (QED) is 0.904. The SMILES string of the molecule is CCc1ccccc1.c1ccc(CC2CNCCN2)cc1. The normalized spacial score (nSPS) is 17.7. The smallest absolute Gasteiger partial charge is 0.0233 e. The third-order valence-corrected chi connectivity index (χ3v) is 3.70. The minimum absolute atomic E-state index is 0.608. The fourth-order valence-corrected chi connectivity index (χ4v) is 2.47. The molecule has 3 rings (SSSR count). The fraction of sp³-hybridized carbons (Fsp3) is 0.368. The van der Waals surface area contributed by atoms with E-state index >= 15 is 0 Å². The highest BCUT2D eigenvalue weighted by atomic mass is 15.0. The largest absolute Gasteiger partial charge is 0.314 e. The second-order valence-corrected chi connectivity index (χ2v) is 5.38. The molecule has 21 heavy (non-hydrogen) atoms. The van der Waals surface area contributed by atoms with Crippen molar-refractivity contribution in [2.75, 3.05) is 19.6 Å². The van der Waals surface area contributed by atoms with Gasteiger partial charge < -0.3 is 10.6 Å². The Hall–Kier alpha value is -1.64. The summed E-state index contributed by atoms with van der Waals surface area (Å²) in [6.07, 6.45) is 2.27. The predicted molar refractivity (Wildman–Crippen MR) is 90.6 cm³/mol. The highest BCUT2D eigenvalue weighted by Crippen LogP contribution is 2.03. The zero-order valence-corrected chi connectivity index (χ0v) is 12.9. The second kappa shape index (κ2) is 9.32. The molecule has 0 aromatic heterocycles. The van der Waals surface area contributed by atoms with Crippen molar-refractivity contribution in [2.24, 2.45) is 0 Å². The molecule has 1 unspecified atom stereocenters. The van der Waals surface area contributed by atoms with Gasteiger partial charge in [0.15, 0.2) is 0 Å². The number of hydrogen-bond acceptors (Lipinski definition) is 2. The summed E-state index contributed by atoms with van der Waals surface area (Å²) >= 11 is 0. The summed E-state index contributed by atoms with van der Waals surface area (Å²) in [4.78, 5) is 0. The van der Waals surface area contributed by atoms with Crippen molar-refractivity contribution in [1.82, 2.24) is 10.6 Å². The molecule has 1 aliphatic heterocycles. The highest BCUT2D eigenvalue weighted by Gasteiger charge is 2.11. The number of rotatable bonds is 3. The van der Waals surface area contributed by atoms with Gasteiger partial charge in [-0.1, -0.05) is 67.6 Å². The molecular weight excluding hydrogens is 256 g/mol. The van der Waals surface area contributed by atoms with Crippen molar-refractivity contribution in [2.45, 2.75) is 25.8 Å². The van der Waals surface area contributed by atoms with E-state index in [1.807, 2.05) is 6.07 Å². The van der Waals surface area contributed by atoms with Crippen LogP contribution in [0.3, 0.4) is 0 Å². The predicted octanol–water partition coefficient (Wildman–Crippen LogP) is 3.04. The maximum absolute atomic E-state index is 3.51. The van der Waals surface area contributed by atoms with Crippen LogP contribution < -0.4 is 10.6 Å². The Balaban J connectivity index is 0.000000173. The van der Waals surface area contributed by atoms with Gasteiger partial charge in [0.2, 0.25) is 0 Å². The van der Waals surface area contributed by atoms with Crippen LogP contribution in [0.2, 0.25) is 0 Å². The van der Waals surface area contributed by atoms with E-state index in [2.05, 4.69) is 72.2 Å². The van der Waals surface area contributed by atoms with Gasteiger partial charge in [0, 0.05) is 25.7 Å². The van der Waals surface area contributed by atoms with E-state index in [4.69, 9.17) is 0 Å². The van der Waals surface area contributed by atoms with Crippen molar-refractivity contribution >= 4 is 0 Å². The van der Waals surface area contributed by atoms with Crippen LogP contribution in [-0.2, 0) is 12.8 Å². The maximum atomic E-state index is 3.51. The van der Waals surface area contributed by atoms with Gasteiger partial charge in [-0.3, -0.25) is 0 Å². The molecule has 2 aromatic rings. The Bertz CT molecular complexity index is 475. The average Bonchev–Trinajstić information content (AvgIpc) is 2.58. The monoisotopic (exact) mass is 282 g/mol. The van der Waals surface area contributed by atoms with E-state index in [0.717, 1.165) is 32.5 Å². The van der Waals surface area contributed by atoms with Crippen molar-refractivity contribution < 1.29 is 0 Å². The lowest BCUT2D eigenvalue weighted by Crippen LogP contribution is -2.49. The van der Waals surface area contributed by atoms with Crippen LogP contribution in [0.4, 0.5) is 0 Å². The van der Waals surface area contributed by atoms with Crippen molar-refractivity contribution in [3.8, 4) is 0 Å². The van der Waals surface area contributed by atoms with Gasteiger partial charge in [0.1, 0.15) is 0 Å². The van der Waals surface area contributed by atoms with E-state index in [1.54, 1.807) is 0 Å². The van der Waals surface area contributed by atoms with E-state index in [9.17, 15) is 0 Å².